The Balaban J connectivity index is 2.09. The van der Waals surface area contributed by atoms with Crippen LogP contribution in [-0.2, 0) is 15.9 Å². The maximum absolute atomic E-state index is 12.4. The van der Waals surface area contributed by atoms with Crippen molar-refractivity contribution in [2.45, 2.75) is 29.9 Å². The number of nitrogens with zero attached hydrogens (tertiary/aromatic N) is 2. The van der Waals surface area contributed by atoms with E-state index in [0.29, 0.717) is 24.9 Å². The van der Waals surface area contributed by atoms with Crippen molar-refractivity contribution in [1.82, 2.24) is 9.21 Å². The van der Waals surface area contributed by atoms with Crippen molar-refractivity contribution in [3.05, 3.63) is 17.9 Å². The molecule has 2 rings (SSSR count). The lowest BCUT2D eigenvalue weighted by Crippen LogP contribution is -2.44. The Morgan fingerprint density at radius 2 is 2.00 bits per heavy atom. The lowest BCUT2D eigenvalue weighted by molar-refractivity contribution is 0.195. The molecular formula is C12H19ClN2O3S. The van der Waals surface area contributed by atoms with Crippen molar-refractivity contribution in [3.63, 3.8) is 0 Å². The lowest BCUT2D eigenvalue weighted by atomic mass is 10.1. The molecule has 1 aliphatic heterocycles. The van der Waals surface area contributed by atoms with E-state index in [9.17, 15) is 8.42 Å². The van der Waals surface area contributed by atoms with E-state index in [1.54, 1.807) is 6.07 Å². The van der Waals surface area contributed by atoms with E-state index in [2.05, 4.69) is 4.90 Å². The van der Waals surface area contributed by atoms with Crippen LogP contribution in [0.1, 0.15) is 18.6 Å². The molecule has 0 atom stereocenters. The number of sulfonamides is 1. The van der Waals surface area contributed by atoms with E-state index < -0.39 is 10.0 Å². The van der Waals surface area contributed by atoms with Crippen molar-refractivity contribution < 1.29 is 12.8 Å². The van der Waals surface area contributed by atoms with E-state index in [0.717, 1.165) is 12.8 Å². The van der Waals surface area contributed by atoms with Gasteiger partial charge in [-0.05, 0) is 39.1 Å². The Morgan fingerprint density at radius 1 is 1.37 bits per heavy atom. The summed E-state index contributed by atoms with van der Waals surface area (Å²) in [5, 5.41) is -0.00791. The molecule has 1 fully saturated rings. The minimum Gasteiger partial charge on any atom is -0.447 e. The fourth-order valence-electron chi connectivity index (χ4n) is 2.29. The second-order valence-corrected chi connectivity index (χ2v) is 7.09. The summed E-state index contributed by atoms with van der Waals surface area (Å²) in [6.45, 7) is 1.06. The molecular weight excluding hydrogens is 288 g/mol. The van der Waals surface area contributed by atoms with E-state index in [4.69, 9.17) is 16.0 Å². The van der Waals surface area contributed by atoms with Crippen molar-refractivity contribution >= 4 is 21.6 Å². The molecule has 0 bridgehead atoms. The van der Waals surface area contributed by atoms with Gasteiger partial charge in [0, 0.05) is 19.1 Å². The van der Waals surface area contributed by atoms with Gasteiger partial charge in [0.2, 0.25) is 5.09 Å². The first-order chi connectivity index (χ1) is 8.95. The summed E-state index contributed by atoms with van der Waals surface area (Å²) in [5.74, 6) is 0.654. The number of rotatable bonds is 4. The fraction of sp³-hybridized carbons (Fsp3) is 0.667. The van der Waals surface area contributed by atoms with Gasteiger partial charge >= 0.3 is 0 Å². The second kappa shape index (κ2) is 5.83. The predicted molar refractivity (Wildman–Crippen MR) is 73.7 cm³/mol. The van der Waals surface area contributed by atoms with Crippen molar-refractivity contribution in [2.24, 2.45) is 0 Å². The zero-order chi connectivity index (χ0) is 14.0. The van der Waals surface area contributed by atoms with Gasteiger partial charge in [-0.25, -0.2) is 8.42 Å². The highest BCUT2D eigenvalue weighted by Gasteiger charge is 2.32. The summed E-state index contributed by atoms with van der Waals surface area (Å²) in [6.07, 6.45) is 1.69. The molecule has 0 N–H and O–H groups in total. The number of alkyl halides is 1. The SMILES string of the molecule is CN(C)C1CCN(S(=O)(=O)c2ccc(CCl)o2)CC1. The molecule has 0 unspecified atom stereocenters. The molecule has 5 nitrogen and oxygen atoms in total. The summed E-state index contributed by atoms with van der Waals surface area (Å²) in [4.78, 5) is 2.14. The first kappa shape index (κ1) is 14.8. The Morgan fingerprint density at radius 3 is 2.47 bits per heavy atom. The van der Waals surface area contributed by atoms with Gasteiger partial charge in [-0.1, -0.05) is 0 Å². The third-order valence-corrected chi connectivity index (χ3v) is 5.55. The number of hydrogen-bond acceptors (Lipinski definition) is 4. The average molecular weight is 307 g/mol. The lowest BCUT2D eigenvalue weighted by Gasteiger charge is -2.33. The van der Waals surface area contributed by atoms with Crippen LogP contribution in [0.2, 0.25) is 0 Å². The van der Waals surface area contributed by atoms with E-state index in [1.807, 2.05) is 14.1 Å². The highest BCUT2D eigenvalue weighted by molar-refractivity contribution is 7.89. The van der Waals surface area contributed by atoms with Gasteiger partial charge in [-0.2, -0.15) is 4.31 Å². The average Bonchev–Trinajstić information content (AvgIpc) is 2.88. The summed E-state index contributed by atoms with van der Waals surface area (Å²) in [7, 11) is 0.533. The van der Waals surface area contributed by atoms with Gasteiger partial charge in [0.15, 0.2) is 0 Å². The summed E-state index contributed by atoms with van der Waals surface area (Å²) < 4.78 is 31.5. The van der Waals surface area contributed by atoms with Gasteiger partial charge in [-0.3, -0.25) is 0 Å². The van der Waals surface area contributed by atoms with Crippen LogP contribution in [0, 0.1) is 0 Å². The van der Waals surface area contributed by atoms with Gasteiger partial charge in [0.1, 0.15) is 5.76 Å². The quantitative estimate of drug-likeness (QED) is 0.795. The molecule has 0 aliphatic carbocycles. The molecule has 108 valence electrons. The number of hydrogen-bond donors (Lipinski definition) is 0. The maximum Gasteiger partial charge on any atom is 0.276 e. The normalized spacial score (nSPS) is 19.2. The summed E-state index contributed by atoms with van der Waals surface area (Å²) >= 11 is 5.62. The topological polar surface area (TPSA) is 53.8 Å². The van der Waals surface area contributed by atoms with Gasteiger partial charge < -0.3 is 9.32 Å². The molecule has 19 heavy (non-hydrogen) atoms. The predicted octanol–water partition coefficient (Wildman–Crippen LogP) is 1.73. The van der Waals surface area contributed by atoms with Gasteiger partial charge in [-0.15, -0.1) is 11.6 Å². The third-order valence-electron chi connectivity index (χ3n) is 3.52. The third kappa shape index (κ3) is 3.13. The van der Waals surface area contributed by atoms with E-state index in [-0.39, 0.29) is 11.0 Å². The molecule has 1 aliphatic rings. The van der Waals surface area contributed by atoms with Crippen LogP contribution in [0.4, 0.5) is 0 Å². The maximum atomic E-state index is 12.4. The van der Waals surface area contributed by atoms with Gasteiger partial charge in [0.05, 0.1) is 5.88 Å². The summed E-state index contributed by atoms with van der Waals surface area (Å²) in [6, 6.07) is 3.53. The van der Waals surface area contributed by atoms with Crippen LogP contribution >= 0.6 is 11.6 Å². The number of furan rings is 1. The molecule has 0 spiro atoms. The van der Waals surface area contributed by atoms with Crippen molar-refractivity contribution in [3.8, 4) is 0 Å². The molecule has 0 aromatic carbocycles. The number of halogens is 1. The van der Waals surface area contributed by atoms with E-state index in [1.165, 1.54) is 10.4 Å². The molecule has 0 saturated carbocycles. The molecule has 7 heteroatoms. The zero-order valence-electron chi connectivity index (χ0n) is 11.2. The van der Waals surface area contributed by atoms with Crippen LogP contribution in [-0.4, -0.2) is 50.8 Å². The van der Waals surface area contributed by atoms with Crippen molar-refractivity contribution in [1.29, 1.82) is 0 Å². The standard InChI is InChI=1S/C12H19ClN2O3S/c1-14(2)10-5-7-15(8-6-10)19(16,17)12-4-3-11(9-13)18-12/h3-4,10H,5-9H2,1-2H3. The smallest absolute Gasteiger partial charge is 0.276 e. The largest absolute Gasteiger partial charge is 0.447 e. The Labute approximate surface area is 119 Å². The van der Waals surface area contributed by atoms with E-state index >= 15 is 0 Å². The Bertz CT molecular complexity index is 519. The molecule has 0 radical (unpaired) electrons. The second-order valence-electron chi connectivity index (χ2n) is 4.95. The highest BCUT2D eigenvalue weighted by atomic mass is 35.5. The van der Waals surface area contributed by atoms with Crippen molar-refractivity contribution in [2.75, 3.05) is 27.2 Å². The Kier molecular flexibility index (Phi) is 4.55. The molecule has 1 aromatic heterocycles. The Hall–Kier alpha value is -0.560. The molecule has 1 saturated heterocycles. The first-order valence-corrected chi connectivity index (χ1v) is 8.24. The van der Waals surface area contributed by atoms with Crippen LogP contribution in [0.25, 0.3) is 0 Å². The first-order valence-electron chi connectivity index (χ1n) is 6.26. The minimum atomic E-state index is -3.51. The van der Waals surface area contributed by atoms with Crippen LogP contribution in [0.15, 0.2) is 21.6 Å². The molecule has 2 heterocycles. The molecule has 1 aromatic rings. The van der Waals surface area contributed by atoms with Crippen LogP contribution < -0.4 is 0 Å². The zero-order valence-corrected chi connectivity index (χ0v) is 12.7. The fourth-order valence-corrected chi connectivity index (χ4v) is 3.84. The highest BCUT2D eigenvalue weighted by Crippen LogP contribution is 2.24. The molecule has 0 amide bonds. The number of piperidine rings is 1. The monoisotopic (exact) mass is 306 g/mol. The van der Waals surface area contributed by atoms with Crippen LogP contribution in [0.3, 0.4) is 0 Å². The van der Waals surface area contributed by atoms with Gasteiger partial charge in [0.25, 0.3) is 10.0 Å². The summed E-state index contributed by atoms with van der Waals surface area (Å²) in [5.41, 5.74) is 0. The minimum absolute atomic E-state index is 0.00791. The van der Waals surface area contributed by atoms with Crippen LogP contribution in [0.5, 0.6) is 0 Å².